The van der Waals surface area contributed by atoms with E-state index in [0.717, 1.165) is 47.5 Å². The van der Waals surface area contributed by atoms with E-state index in [2.05, 4.69) is 36.6 Å². The Kier molecular flexibility index (Phi) is 8.75. The average Bonchev–Trinajstić information content (AvgIpc) is 3.29. The van der Waals surface area contributed by atoms with Crippen LogP contribution in [0.15, 0.2) is 28.7 Å². The summed E-state index contributed by atoms with van der Waals surface area (Å²) < 4.78 is 5.91. The lowest BCUT2D eigenvalue weighted by atomic mass is 10.3. The molecule has 27 heavy (non-hydrogen) atoms. The third kappa shape index (κ3) is 6.60. The number of nitrogens with one attached hydrogen (secondary N) is 1. The van der Waals surface area contributed by atoms with Crippen molar-refractivity contribution in [3.05, 3.63) is 40.0 Å². The molecule has 6 nitrogen and oxygen atoms in total. The summed E-state index contributed by atoms with van der Waals surface area (Å²) in [5, 5.41) is 6.55. The molecule has 1 N–H and O–H groups in total. The Morgan fingerprint density at radius 2 is 2.15 bits per heavy atom. The summed E-state index contributed by atoms with van der Waals surface area (Å²) in [6, 6.07) is 4.02. The number of aromatic nitrogens is 2. The molecule has 0 bridgehead atoms. The van der Waals surface area contributed by atoms with Gasteiger partial charge in [-0.25, -0.2) is 9.97 Å². The number of nitrogens with zero attached hydrogens (tertiary/aromatic N) is 4. The molecule has 0 spiro atoms. The highest BCUT2D eigenvalue weighted by Crippen LogP contribution is 2.22. The molecule has 0 amide bonds. The van der Waals surface area contributed by atoms with Crippen LogP contribution in [0.3, 0.4) is 0 Å². The standard InChI is InChI=1S/C19H27N5OS.HI/c1-14-23-16(13-26-14)12-24(3)19(20-2)22-11-15-8-9-18(21-10-15)25-17-6-4-5-7-17;/h8-10,13,17H,4-7,11-12H2,1-3H3,(H,20,22);1H. The third-order valence-corrected chi connectivity index (χ3v) is 5.30. The molecule has 0 radical (unpaired) electrons. The van der Waals surface area contributed by atoms with Gasteiger partial charge >= 0.3 is 0 Å². The molecule has 0 aliphatic heterocycles. The molecule has 148 valence electrons. The highest BCUT2D eigenvalue weighted by atomic mass is 127. The predicted molar refractivity (Wildman–Crippen MR) is 121 cm³/mol. The molecule has 3 rings (SSSR count). The fraction of sp³-hybridized carbons (Fsp3) is 0.526. The molecule has 1 fully saturated rings. The van der Waals surface area contributed by atoms with Crippen LogP contribution in [-0.2, 0) is 13.1 Å². The number of hydrogen-bond donors (Lipinski definition) is 1. The van der Waals surface area contributed by atoms with Crippen molar-refractivity contribution in [2.24, 2.45) is 4.99 Å². The van der Waals surface area contributed by atoms with Crippen molar-refractivity contribution in [2.75, 3.05) is 14.1 Å². The zero-order chi connectivity index (χ0) is 18.4. The maximum atomic E-state index is 5.91. The Balaban J connectivity index is 0.00000261. The van der Waals surface area contributed by atoms with Crippen molar-refractivity contribution in [3.63, 3.8) is 0 Å². The van der Waals surface area contributed by atoms with Crippen molar-refractivity contribution in [3.8, 4) is 5.88 Å². The van der Waals surface area contributed by atoms with Crippen LogP contribution >= 0.6 is 35.3 Å². The number of aliphatic imine (C=N–C) groups is 1. The van der Waals surface area contributed by atoms with Crippen LogP contribution in [0.25, 0.3) is 0 Å². The number of halogens is 1. The number of hydrogen-bond acceptors (Lipinski definition) is 5. The molecule has 2 aromatic rings. The number of rotatable bonds is 6. The van der Waals surface area contributed by atoms with Crippen LogP contribution in [0.4, 0.5) is 0 Å². The van der Waals surface area contributed by atoms with E-state index in [0.29, 0.717) is 12.6 Å². The molecule has 1 aliphatic rings. The summed E-state index contributed by atoms with van der Waals surface area (Å²) in [6.45, 7) is 3.43. The molecular weight excluding hydrogens is 473 g/mol. The number of thiazole rings is 1. The van der Waals surface area contributed by atoms with E-state index >= 15 is 0 Å². The zero-order valence-electron chi connectivity index (χ0n) is 16.1. The molecule has 2 heterocycles. The fourth-order valence-corrected chi connectivity index (χ4v) is 3.73. The van der Waals surface area contributed by atoms with Crippen molar-refractivity contribution in [1.82, 2.24) is 20.2 Å². The van der Waals surface area contributed by atoms with Gasteiger partial charge in [0.2, 0.25) is 5.88 Å². The number of aryl methyl sites for hydroxylation is 1. The second kappa shape index (κ2) is 10.8. The van der Waals surface area contributed by atoms with Crippen molar-refractivity contribution in [2.45, 2.75) is 51.8 Å². The molecule has 0 aromatic carbocycles. The van der Waals surface area contributed by atoms with E-state index in [1.54, 1.807) is 18.4 Å². The number of ether oxygens (including phenoxy) is 1. The van der Waals surface area contributed by atoms with E-state index < -0.39 is 0 Å². The van der Waals surface area contributed by atoms with Crippen LogP contribution in [-0.4, -0.2) is 41.0 Å². The first-order chi connectivity index (χ1) is 12.6. The number of pyridine rings is 1. The summed E-state index contributed by atoms with van der Waals surface area (Å²) in [5.41, 5.74) is 2.16. The van der Waals surface area contributed by atoms with E-state index in [-0.39, 0.29) is 24.0 Å². The minimum atomic E-state index is 0. The monoisotopic (exact) mass is 501 g/mol. The normalized spacial score (nSPS) is 14.7. The van der Waals surface area contributed by atoms with Gasteiger partial charge in [0.15, 0.2) is 5.96 Å². The lowest BCUT2D eigenvalue weighted by molar-refractivity contribution is 0.201. The van der Waals surface area contributed by atoms with Gasteiger partial charge in [-0.05, 0) is 38.2 Å². The van der Waals surface area contributed by atoms with Crippen LogP contribution in [0.1, 0.15) is 41.9 Å². The SMILES string of the molecule is CN=C(NCc1ccc(OC2CCCC2)nc1)N(C)Cc1csc(C)n1.I. The van der Waals surface area contributed by atoms with E-state index in [1.165, 1.54) is 12.8 Å². The van der Waals surface area contributed by atoms with Gasteiger partial charge in [0.05, 0.1) is 17.2 Å². The van der Waals surface area contributed by atoms with E-state index in [1.807, 2.05) is 26.2 Å². The van der Waals surface area contributed by atoms with Gasteiger partial charge in [-0.15, -0.1) is 35.3 Å². The topological polar surface area (TPSA) is 62.6 Å². The summed E-state index contributed by atoms with van der Waals surface area (Å²) in [4.78, 5) is 15.4. The Bertz CT molecular complexity index is 728. The van der Waals surface area contributed by atoms with Gasteiger partial charge in [0.1, 0.15) is 6.10 Å². The van der Waals surface area contributed by atoms with Crippen molar-refractivity contribution in [1.29, 1.82) is 0 Å². The maximum Gasteiger partial charge on any atom is 0.213 e. The lowest BCUT2D eigenvalue weighted by Crippen LogP contribution is -2.38. The minimum Gasteiger partial charge on any atom is -0.474 e. The molecule has 0 atom stereocenters. The Labute approximate surface area is 182 Å². The highest BCUT2D eigenvalue weighted by Gasteiger charge is 2.16. The van der Waals surface area contributed by atoms with Crippen LogP contribution in [0.5, 0.6) is 5.88 Å². The van der Waals surface area contributed by atoms with Gasteiger partial charge in [-0.2, -0.15) is 0 Å². The fourth-order valence-electron chi connectivity index (χ4n) is 3.13. The lowest BCUT2D eigenvalue weighted by Gasteiger charge is -2.21. The van der Waals surface area contributed by atoms with Gasteiger partial charge in [0, 0.05) is 38.3 Å². The second-order valence-electron chi connectivity index (χ2n) is 6.64. The summed E-state index contributed by atoms with van der Waals surface area (Å²) >= 11 is 1.67. The summed E-state index contributed by atoms with van der Waals surface area (Å²) in [5.74, 6) is 1.56. The van der Waals surface area contributed by atoms with Gasteiger partial charge in [-0.1, -0.05) is 6.07 Å². The van der Waals surface area contributed by atoms with Gasteiger partial charge in [0.25, 0.3) is 0 Å². The maximum absolute atomic E-state index is 5.91. The van der Waals surface area contributed by atoms with Crippen LogP contribution < -0.4 is 10.1 Å². The minimum absolute atomic E-state index is 0. The Morgan fingerprint density at radius 3 is 2.74 bits per heavy atom. The average molecular weight is 501 g/mol. The van der Waals surface area contributed by atoms with E-state index in [9.17, 15) is 0 Å². The first kappa shape index (κ1) is 21.9. The molecule has 8 heteroatoms. The molecule has 0 unspecified atom stereocenters. The predicted octanol–water partition coefficient (Wildman–Crippen LogP) is 3.99. The third-order valence-electron chi connectivity index (χ3n) is 4.48. The summed E-state index contributed by atoms with van der Waals surface area (Å²) in [6.07, 6.45) is 7.03. The second-order valence-corrected chi connectivity index (χ2v) is 7.71. The number of guanidine groups is 1. The quantitative estimate of drug-likeness (QED) is 0.369. The largest absolute Gasteiger partial charge is 0.474 e. The van der Waals surface area contributed by atoms with Crippen LogP contribution in [0.2, 0.25) is 0 Å². The molecule has 0 saturated heterocycles. The Morgan fingerprint density at radius 1 is 1.37 bits per heavy atom. The zero-order valence-corrected chi connectivity index (χ0v) is 19.3. The van der Waals surface area contributed by atoms with Gasteiger partial charge < -0.3 is 15.0 Å². The summed E-state index contributed by atoms with van der Waals surface area (Å²) in [7, 11) is 3.81. The van der Waals surface area contributed by atoms with Crippen molar-refractivity contribution >= 4 is 41.3 Å². The smallest absolute Gasteiger partial charge is 0.213 e. The van der Waals surface area contributed by atoms with E-state index in [4.69, 9.17) is 4.74 Å². The molecule has 1 aliphatic carbocycles. The first-order valence-electron chi connectivity index (χ1n) is 9.08. The highest BCUT2D eigenvalue weighted by molar-refractivity contribution is 14.0. The first-order valence-corrected chi connectivity index (χ1v) is 9.96. The Hall–Kier alpha value is -1.42. The molecule has 1 saturated carbocycles. The molecule has 2 aromatic heterocycles. The van der Waals surface area contributed by atoms with Crippen molar-refractivity contribution < 1.29 is 4.74 Å². The molecular formula is C19H28IN5OS. The van der Waals surface area contributed by atoms with Crippen LogP contribution in [0, 0.1) is 6.92 Å². The van der Waals surface area contributed by atoms with Gasteiger partial charge in [-0.3, -0.25) is 4.99 Å².